The molecular formula is Cl4PuU-4. The Kier molecular flexibility index (Phi) is 418. The smallest absolute Gasteiger partial charge is 0 e. The van der Waals surface area contributed by atoms with Gasteiger partial charge in [-0.1, -0.05) is 0 Å². The standard InChI is InChI=1S/4ClH.Pu.U/h4*1H;;/p-4. The van der Waals surface area contributed by atoms with E-state index in [1.807, 2.05) is 0 Å². The molecule has 0 fully saturated rings. The van der Waals surface area contributed by atoms with Gasteiger partial charge in [-0.15, -0.1) is 0 Å². The summed E-state index contributed by atoms with van der Waals surface area (Å²) in [6.45, 7) is 0. The van der Waals surface area contributed by atoms with Crippen molar-refractivity contribution in [3.05, 3.63) is 0 Å². The minimum Gasteiger partial charge on any atom is -1.00 e. The van der Waals surface area contributed by atoms with Crippen molar-refractivity contribution in [2.24, 2.45) is 0 Å². The molecule has 0 unspecified atom stereocenters. The van der Waals surface area contributed by atoms with Crippen LogP contribution in [0.1, 0.15) is 0 Å². The predicted molar refractivity (Wildman–Crippen MR) is 0 cm³/mol. The molecule has 0 nitrogen and oxygen atoms in total. The second-order valence-electron chi connectivity index (χ2n) is 0. The van der Waals surface area contributed by atoms with E-state index in [9.17, 15) is 0 Å². The fourth-order valence-electron chi connectivity index (χ4n) is 0. The summed E-state index contributed by atoms with van der Waals surface area (Å²) in [6, 6.07) is 0. The largest absolute Gasteiger partial charge is 1.00 e. The minimum atomic E-state index is 0. The quantitative estimate of drug-likeness (QED) is 0.252. The SMILES string of the molecule is [Cl-].[Cl-].[Cl-].[Cl-].[Pu].[U]. The van der Waals surface area contributed by atoms with Gasteiger partial charge in [0.15, 0.2) is 0 Å². The molecule has 0 aromatic carbocycles. The molecule has 42 valence electrons. The number of halogens is 4. The fraction of sp³-hybridized carbons (Fsp3) is 0. The Labute approximate surface area is 108 Å². The maximum absolute atomic E-state index is 0. The summed E-state index contributed by atoms with van der Waals surface area (Å²) < 4.78 is 0. The molecule has 0 heterocycles. The van der Waals surface area contributed by atoms with Crippen LogP contribution in [0.4, 0.5) is 0 Å². The van der Waals surface area contributed by atoms with Crippen molar-refractivity contribution in [3.63, 3.8) is 0 Å². The summed E-state index contributed by atoms with van der Waals surface area (Å²) in [6.07, 6.45) is 0. The van der Waals surface area contributed by atoms with Gasteiger partial charge in [-0.05, 0) is 0 Å². The van der Waals surface area contributed by atoms with Gasteiger partial charge in [0.2, 0.25) is 0 Å². The van der Waals surface area contributed by atoms with Crippen LogP contribution in [0.3, 0.4) is 0 Å². The maximum atomic E-state index is 0. The van der Waals surface area contributed by atoms with Crippen LogP contribution < -0.4 is 49.6 Å². The summed E-state index contributed by atoms with van der Waals surface area (Å²) in [5, 5.41) is 0. The Hall–Kier alpha value is 3.20. The molecule has 0 atom stereocenters. The van der Waals surface area contributed by atoms with E-state index in [2.05, 4.69) is 0 Å². The van der Waals surface area contributed by atoms with Crippen LogP contribution in [0.2, 0.25) is 0 Å². The van der Waals surface area contributed by atoms with Crippen molar-refractivity contribution in [3.8, 4) is 0 Å². The first kappa shape index (κ1) is 60.4. The van der Waals surface area contributed by atoms with E-state index >= 15 is 0 Å². The van der Waals surface area contributed by atoms with Crippen molar-refractivity contribution in [1.82, 2.24) is 0 Å². The number of hydrogen-bond acceptors (Lipinski definition) is 0. The van der Waals surface area contributed by atoms with E-state index in [0.29, 0.717) is 0 Å². The molecule has 0 N–H and O–H groups in total. The van der Waals surface area contributed by atoms with Gasteiger partial charge in [0.05, 0.1) is 0 Å². The zero-order chi connectivity index (χ0) is 0. The monoisotopic (exact) mass is 616 g/mol. The first-order valence-corrected chi connectivity index (χ1v) is 0. The van der Waals surface area contributed by atoms with Crippen molar-refractivity contribution < 1.29 is 110 Å². The summed E-state index contributed by atoms with van der Waals surface area (Å²) in [5.41, 5.74) is 0. The van der Waals surface area contributed by atoms with Gasteiger partial charge in [-0.25, -0.2) is 0 Å². The Morgan fingerprint density at radius 2 is 0.500 bits per heavy atom. The Morgan fingerprint density at radius 1 is 0.500 bits per heavy atom. The average molecular weight is 624 g/mol. The second-order valence-corrected chi connectivity index (χ2v) is 0. The van der Waals surface area contributed by atoms with Crippen molar-refractivity contribution >= 4 is 0 Å². The van der Waals surface area contributed by atoms with Gasteiger partial charge < -0.3 is 49.6 Å². The molecule has 0 saturated carbocycles. The van der Waals surface area contributed by atoms with Crippen LogP contribution in [0.5, 0.6) is 0 Å². The Morgan fingerprint density at radius 3 is 0.500 bits per heavy atom. The van der Waals surface area contributed by atoms with Gasteiger partial charge in [-0.3, -0.25) is 0 Å². The summed E-state index contributed by atoms with van der Waals surface area (Å²) in [7, 11) is 0. The van der Waals surface area contributed by atoms with Crippen LogP contribution in [-0.4, -0.2) is 0 Å². The third-order valence-electron chi connectivity index (χ3n) is 0. The predicted octanol–water partition coefficient (Wildman–Crippen LogP) is -12.0. The van der Waals surface area contributed by atoms with E-state index in [1.165, 1.54) is 0 Å². The molecule has 0 aromatic heterocycles. The van der Waals surface area contributed by atoms with E-state index in [1.54, 1.807) is 0 Å². The normalized spacial score (nSPS) is 0. The van der Waals surface area contributed by atoms with E-state index in [4.69, 9.17) is 0 Å². The van der Waals surface area contributed by atoms with E-state index < -0.39 is 0 Å². The zero-order valence-corrected chi connectivity index (χ0v) is 13.0. The molecule has 0 amide bonds. The minimum absolute atomic E-state index is 0. The van der Waals surface area contributed by atoms with Gasteiger partial charge in [0.1, 0.15) is 0 Å². The number of hydrogen-bond donors (Lipinski definition) is 0. The Bertz CT molecular complexity index is 7.51. The molecule has 0 radical (unpaired) electrons. The second kappa shape index (κ2) is 41.5. The van der Waals surface area contributed by atoms with Gasteiger partial charge in [-0.2, -0.15) is 0 Å². The van der Waals surface area contributed by atoms with Crippen LogP contribution >= 0.6 is 0 Å². The van der Waals surface area contributed by atoms with Crippen molar-refractivity contribution in [2.45, 2.75) is 0 Å². The van der Waals surface area contributed by atoms with Crippen molar-refractivity contribution in [1.29, 1.82) is 0 Å². The van der Waals surface area contributed by atoms with E-state index in [-0.39, 0.29) is 110 Å². The molecule has 6 heteroatoms. The van der Waals surface area contributed by atoms with Crippen LogP contribution in [0.15, 0.2) is 0 Å². The molecule has 0 bridgehead atoms. The molecule has 0 rings (SSSR count). The summed E-state index contributed by atoms with van der Waals surface area (Å²) in [4.78, 5) is 0. The maximum Gasteiger partial charge on any atom is 0 e. The van der Waals surface area contributed by atoms with Gasteiger partial charge in [0, 0.05) is 60.3 Å². The van der Waals surface area contributed by atoms with Gasteiger partial charge >= 0.3 is 0 Å². The first-order valence-electron chi connectivity index (χ1n) is 0. The molecule has 0 aliphatic rings. The van der Waals surface area contributed by atoms with E-state index in [0.717, 1.165) is 0 Å². The van der Waals surface area contributed by atoms with Crippen LogP contribution in [-0.2, 0) is 0 Å². The van der Waals surface area contributed by atoms with Crippen molar-refractivity contribution in [2.75, 3.05) is 0 Å². The Balaban J connectivity index is 0. The zero-order valence-electron chi connectivity index (χ0n) is 2.42. The molecule has 0 saturated heterocycles. The first-order chi connectivity index (χ1) is 0. The summed E-state index contributed by atoms with van der Waals surface area (Å²) in [5.74, 6) is 0. The average Bonchev–Trinajstić information content (AvgIpc) is 0. The fourth-order valence-corrected chi connectivity index (χ4v) is 0. The molecule has 0 aliphatic carbocycles. The third-order valence-corrected chi connectivity index (χ3v) is 0. The van der Waals surface area contributed by atoms with Gasteiger partial charge in [0.25, 0.3) is 0 Å². The molecule has 0 spiro atoms. The summed E-state index contributed by atoms with van der Waals surface area (Å²) >= 11 is 0. The molecule has 6 heavy (non-hydrogen) atoms. The number of rotatable bonds is 0. The van der Waals surface area contributed by atoms with Crippen LogP contribution in [0, 0.1) is 60.3 Å². The molecule has 0 aliphatic heterocycles. The molecular weight excluding hydrogens is 624 g/mol. The van der Waals surface area contributed by atoms with Crippen LogP contribution in [0.25, 0.3) is 0 Å². The topological polar surface area (TPSA) is 0 Å². The molecule has 0 aromatic rings. The third kappa shape index (κ3) is 27.0.